The topological polar surface area (TPSA) is 149 Å². The molecule has 1 heterocycles. The minimum atomic E-state index is -1.55. The predicted molar refractivity (Wildman–Crippen MR) is 194 cm³/mol. The fraction of sp³-hybridized carbons (Fsp3) is 0.974. The molecule has 9 heteroatoms. The van der Waals surface area contributed by atoms with Gasteiger partial charge in [0.1, 0.15) is 24.4 Å². The number of nitrogens with one attached hydrogen (secondary N) is 1. The van der Waals surface area contributed by atoms with Gasteiger partial charge in [-0.2, -0.15) is 0 Å². The molecule has 1 fully saturated rings. The lowest BCUT2D eigenvalue weighted by Gasteiger charge is -2.40. The smallest absolute Gasteiger partial charge is 0.220 e. The van der Waals surface area contributed by atoms with Crippen LogP contribution in [-0.2, 0) is 14.3 Å². The number of hydrogen-bond donors (Lipinski definition) is 6. The Morgan fingerprint density at radius 1 is 0.625 bits per heavy atom. The van der Waals surface area contributed by atoms with E-state index in [1.807, 2.05) is 0 Å². The summed E-state index contributed by atoms with van der Waals surface area (Å²) in [7, 11) is 0. The molecule has 0 aromatic rings. The summed E-state index contributed by atoms with van der Waals surface area (Å²) in [4.78, 5) is 12.9. The second-order valence-corrected chi connectivity index (χ2v) is 14.4. The molecule has 0 radical (unpaired) electrons. The Bertz CT molecular complexity index is 726. The Morgan fingerprint density at radius 3 is 1.48 bits per heavy atom. The summed E-state index contributed by atoms with van der Waals surface area (Å²) in [5, 5.41) is 54.1. The van der Waals surface area contributed by atoms with E-state index in [1.54, 1.807) is 0 Å². The van der Waals surface area contributed by atoms with Gasteiger partial charge in [-0.15, -0.1) is 0 Å². The first-order valence-corrected chi connectivity index (χ1v) is 20.2. The molecular weight excluding hydrogens is 610 g/mol. The molecule has 0 saturated carbocycles. The van der Waals surface area contributed by atoms with Crippen LogP contribution in [0.4, 0.5) is 0 Å². The van der Waals surface area contributed by atoms with E-state index in [9.17, 15) is 30.3 Å². The van der Waals surface area contributed by atoms with Crippen LogP contribution in [0.3, 0.4) is 0 Å². The highest BCUT2D eigenvalue weighted by Gasteiger charge is 2.44. The molecule has 1 aliphatic heterocycles. The normalized spacial score (nSPS) is 22.5. The van der Waals surface area contributed by atoms with Crippen LogP contribution in [0.1, 0.15) is 187 Å². The van der Waals surface area contributed by atoms with Gasteiger partial charge in [-0.05, 0) is 12.8 Å². The van der Waals surface area contributed by atoms with Crippen molar-refractivity contribution in [2.24, 2.45) is 0 Å². The van der Waals surface area contributed by atoms with Gasteiger partial charge < -0.3 is 40.3 Å². The third kappa shape index (κ3) is 22.1. The van der Waals surface area contributed by atoms with Crippen LogP contribution in [0.15, 0.2) is 0 Å². The maximum atomic E-state index is 12.9. The zero-order valence-electron chi connectivity index (χ0n) is 31.0. The molecule has 1 amide bonds. The monoisotopic (exact) mass is 688 g/mol. The molecule has 0 bridgehead atoms. The number of hydrogen-bond acceptors (Lipinski definition) is 8. The fourth-order valence-corrected chi connectivity index (χ4v) is 6.63. The summed E-state index contributed by atoms with van der Waals surface area (Å²) in [6, 6.07) is -0.709. The van der Waals surface area contributed by atoms with Crippen molar-refractivity contribution < 1.29 is 39.8 Å². The Balaban J connectivity index is 2.40. The van der Waals surface area contributed by atoms with Crippen LogP contribution in [0, 0.1) is 0 Å². The molecule has 1 aliphatic rings. The molecule has 6 N–H and O–H groups in total. The number of ether oxygens (including phenoxy) is 2. The van der Waals surface area contributed by atoms with Gasteiger partial charge in [0.25, 0.3) is 0 Å². The highest BCUT2D eigenvalue weighted by molar-refractivity contribution is 5.76. The number of unbranched alkanes of at least 4 members (excludes halogenated alkanes) is 23. The van der Waals surface area contributed by atoms with Crippen LogP contribution in [-0.4, -0.2) is 87.5 Å². The van der Waals surface area contributed by atoms with Gasteiger partial charge in [-0.1, -0.05) is 168 Å². The highest BCUT2D eigenvalue weighted by Crippen LogP contribution is 2.23. The molecular formula is C39H77NO8. The zero-order chi connectivity index (χ0) is 35.2. The van der Waals surface area contributed by atoms with Crippen molar-refractivity contribution in [2.45, 2.75) is 230 Å². The first-order chi connectivity index (χ1) is 23.3. The van der Waals surface area contributed by atoms with Gasteiger partial charge in [0.2, 0.25) is 5.91 Å². The Hall–Kier alpha value is -0.810. The van der Waals surface area contributed by atoms with E-state index < -0.39 is 49.5 Å². The zero-order valence-corrected chi connectivity index (χ0v) is 31.0. The van der Waals surface area contributed by atoms with Gasteiger partial charge in [0.15, 0.2) is 6.29 Å². The van der Waals surface area contributed by atoms with Crippen molar-refractivity contribution in [1.82, 2.24) is 5.32 Å². The van der Waals surface area contributed by atoms with E-state index in [2.05, 4.69) is 19.2 Å². The molecule has 9 nitrogen and oxygen atoms in total. The van der Waals surface area contributed by atoms with Gasteiger partial charge in [0, 0.05) is 6.42 Å². The van der Waals surface area contributed by atoms with Crippen LogP contribution in [0.5, 0.6) is 0 Å². The van der Waals surface area contributed by atoms with Crippen molar-refractivity contribution in [2.75, 3.05) is 13.2 Å². The van der Waals surface area contributed by atoms with Crippen LogP contribution in [0.25, 0.3) is 0 Å². The van der Waals surface area contributed by atoms with Gasteiger partial charge in [0.05, 0.1) is 25.4 Å². The molecule has 1 rings (SSSR count). The quantitative estimate of drug-likeness (QED) is 0.0396. The van der Waals surface area contributed by atoms with E-state index in [4.69, 9.17) is 9.47 Å². The van der Waals surface area contributed by atoms with Crippen LogP contribution in [0.2, 0.25) is 0 Å². The summed E-state index contributed by atoms with van der Waals surface area (Å²) in [5.74, 6) is -0.145. The lowest BCUT2D eigenvalue weighted by atomic mass is 9.99. The van der Waals surface area contributed by atoms with E-state index in [-0.39, 0.29) is 12.5 Å². The minimum absolute atomic E-state index is 0.132. The third-order valence-corrected chi connectivity index (χ3v) is 9.96. The van der Waals surface area contributed by atoms with Gasteiger partial charge in [-0.25, -0.2) is 0 Å². The van der Waals surface area contributed by atoms with Crippen molar-refractivity contribution in [3.8, 4) is 0 Å². The molecule has 1 saturated heterocycles. The van der Waals surface area contributed by atoms with Crippen LogP contribution < -0.4 is 5.32 Å². The minimum Gasteiger partial charge on any atom is -0.394 e. The Kier molecular flexibility index (Phi) is 29.2. The molecule has 286 valence electrons. The summed E-state index contributed by atoms with van der Waals surface area (Å²) in [5.41, 5.74) is 0. The van der Waals surface area contributed by atoms with Crippen molar-refractivity contribution in [3.63, 3.8) is 0 Å². The largest absolute Gasteiger partial charge is 0.394 e. The summed E-state index contributed by atoms with van der Waals surface area (Å²) < 4.78 is 11.2. The SMILES string of the molecule is CCCCCCCCCCCCCCC[C@@H](O)[C@H](COC1OC(CO)C(O)C(O)C1O)NC(=O)CCCCCCCCCCCCCC. The third-order valence-electron chi connectivity index (χ3n) is 9.96. The average molecular weight is 688 g/mol. The fourth-order valence-electron chi connectivity index (χ4n) is 6.63. The summed E-state index contributed by atoms with van der Waals surface area (Å²) >= 11 is 0. The molecule has 0 aliphatic carbocycles. The average Bonchev–Trinajstić information content (AvgIpc) is 3.08. The summed E-state index contributed by atoms with van der Waals surface area (Å²) in [6.45, 7) is 3.81. The van der Waals surface area contributed by atoms with E-state index >= 15 is 0 Å². The van der Waals surface area contributed by atoms with Crippen molar-refractivity contribution in [3.05, 3.63) is 0 Å². The lowest BCUT2D eigenvalue weighted by molar-refractivity contribution is -0.302. The molecule has 7 atom stereocenters. The molecule has 48 heavy (non-hydrogen) atoms. The Morgan fingerprint density at radius 2 is 1.04 bits per heavy atom. The van der Waals surface area contributed by atoms with E-state index in [0.29, 0.717) is 12.8 Å². The number of carbonyl (C=O) groups excluding carboxylic acids is 1. The second kappa shape index (κ2) is 31.0. The number of amides is 1. The highest BCUT2D eigenvalue weighted by atomic mass is 16.7. The standard InChI is InChI=1S/C39H77NO8/c1-3-5-7-9-11-13-15-17-18-20-22-24-26-28-33(42)32(31-47-39-38(46)37(45)36(44)34(30-41)48-39)40-35(43)29-27-25-23-21-19-16-14-12-10-8-6-4-2/h32-34,36-39,41-42,44-46H,3-31H2,1-2H3,(H,40,43)/t32-,33+,34?,36?,37?,38?,39?/m0/s1. The number of aliphatic hydroxyl groups is 5. The van der Waals surface area contributed by atoms with Crippen molar-refractivity contribution in [1.29, 1.82) is 0 Å². The van der Waals surface area contributed by atoms with Gasteiger partial charge >= 0.3 is 0 Å². The van der Waals surface area contributed by atoms with E-state index in [1.165, 1.54) is 122 Å². The molecule has 0 aromatic heterocycles. The maximum absolute atomic E-state index is 12.9. The second-order valence-electron chi connectivity index (χ2n) is 14.4. The molecule has 0 spiro atoms. The number of rotatable bonds is 33. The number of carbonyl (C=O) groups is 1. The van der Waals surface area contributed by atoms with Crippen LogP contribution >= 0.6 is 0 Å². The predicted octanol–water partition coefficient (Wildman–Crippen LogP) is 7.22. The lowest BCUT2D eigenvalue weighted by Crippen LogP contribution is -2.60. The first kappa shape index (κ1) is 45.2. The summed E-state index contributed by atoms with van der Waals surface area (Å²) in [6.07, 6.45) is 23.9. The first-order valence-electron chi connectivity index (χ1n) is 20.2. The van der Waals surface area contributed by atoms with Crippen molar-refractivity contribution >= 4 is 5.91 Å². The maximum Gasteiger partial charge on any atom is 0.220 e. The molecule has 0 aromatic carbocycles. The van der Waals surface area contributed by atoms with Gasteiger partial charge in [-0.3, -0.25) is 4.79 Å². The molecule has 5 unspecified atom stereocenters. The van der Waals surface area contributed by atoms with E-state index in [0.717, 1.165) is 38.5 Å². The number of aliphatic hydroxyl groups excluding tert-OH is 5. The Labute approximate surface area is 294 Å².